The fourth-order valence-electron chi connectivity index (χ4n) is 4.37. The van der Waals surface area contributed by atoms with Crippen molar-refractivity contribution in [3.05, 3.63) is 102 Å². The zero-order chi connectivity index (χ0) is 26.1. The Kier molecular flexibility index (Phi) is 6.33. The number of carbonyl (C=O) groups is 2. The molecule has 186 valence electrons. The lowest BCUT2D eigenvalue weighted by molar-refractivity contribution is 0.0696. The molecule has 1 aliphatic heterocycles. The van der Waals surface area contributed by atoms with Gasteiger partial charge in [0.2, 0.25) is 0 Å². The summed E-state index contributed by atoms with van der Waals surface area (Å²) in [6, 6.07) is 19.6. The van der Waals surface area contributed by atoms with Gasteiger partial charge >= 0.3 is 11.9 Å². The molecule has 1 saturated heterocycles. The first-order chi connectivity index (χ1) is 17.9. The number of methoxy groups -OCH3 is 1. The van der Waals surface area contributed by atoms with E-state index in [1.807, 2.05) is 47.4 Å². The van der Waals surface area contributed by atoms with Crippen LogP contribution in [0.1, 0.15) is 44.3 Å². The average Bonchev–Trinajstić information content (AvgIpc) is 3.53. The third-order valence-electron chi connectivity index (χ3n) is 6.06. The Labute approximate surface area is 216 Å². The second kappa shape index (κ2) is 9.75. The number of rotatable bonds is 7. The molecule has 9 nitrogen and oxygen atoms in total. The van der Waals surface area contributed by atoms with Gasteiger partial charge in [0.1, 0.15) is 23.3 Å². The van der Waals surface area contributed by atoms with E-state index in [4.69, 9.17) is 21.4 Å². The van der Waals surface area contributed by atoms with Gasteiger partial charge in [-0.05, 0) is 66.8 Å². The number of furan rings is 1. The Morgan fingerprint density at radius 3 is 2.41 bits per heavy atom. The van der Waals surface area contributed by atoms with Crippen LogP contribution >= 0.6 is 12.2 Å². The Bertz CT molecular complexity index is 1470. The lowest BCUT2D eigenvalue weighted by atomic mass is 10.0. The lowest BCUT2D eigenvalue weighted by Gasteiger charge is -2.26. The number of pyridine rings is 1. The maximum atomic E-state index is 11.6. The van der Waals surface area contributed by atoms with E-state index >= 15 is 0 Å². The van der Waals surface area contributed by atoms with Crippen molar-refractivity contribution in [2.45, 2.75) is 12.1 Å². The number of carboxylic acid groups (broad SMARTS) is 2. The Balaban J connectivity index is 1.62. The molecule has 5 rings (SSSR count). The largest absolute Gasteiger partial charge is 0.497 e. The number of hydrogen-bond acceptors (Lipinski definition) is 6. The number of benzene rings is 2. The van der Waals surface area contributed by atoms with E-state index < -0.39 is 18.0 Å². The third-order valence-corrected chi connectivity index (χ3v) is 6.37. The topological polar surface area (TPSA) is 125 Å². The van der Waals surface area contributed by atoms with Crippen molar-refractivity contribution < 1.29 is 29.0 Å². The summed E-state index contributed by atoms with van der Waals surface area (Å²) in [6.07, 6.45) is 1.70. The first-order valence-electron chi connectivity index (χ1n) is 11.2. The van der Waals surface area contributed by atoms with Crippen molar-refractivity contribution in [2.75, 3.05) is 12.0 Å². The van der Waals surface area contributed by atoms with Gasteiger partial charge in [-0.3, -0.25) is 4.98 Å². The minimum absolute atomic E-state index is 0.152. The number of aromatic carboxylic acids is 2. The van der Waals surface area contributed by atoms with Crippen molar-refractivity contribution in [1.29, 1.82) is 0 Å². The van der Waals surface area contributed by atoms with Gasteiger partial charge in [-0.25, -0.2) is 9.59 Å². The first kappa shape index (κ1) is 24.0. The molecule has 0 unspecified atom stereocenters. The van der Waals surface area contributed by atoms with Crippen molar-refractivity contribution in [1.82, 2.24) is 10.3 Å². The van der Waals surface area contributed by atoms with E-state index in [2.05, 4.69) is 10.3 Å². The Hall–Kier alpha value is -4.70. The quantitative estimate of drug-likeness (QED) is 0.292. The number of carboxylic acids is 2. The van der Waals surface area contributed by atoms with E-state index in [0.717, 1.165) is 17.4 Å². The SMILES string of the molecule is COc1cccc(N2C(=S)N[C@H](c3ccccn3)[C@H]2c2ccc(-c3cc(C(=O)O)cc(C(=O)O)c3)o2)c1. The van der Waals surface area contributed by atoms with Gasteiger partial charge in [-0.15, -0.1) is 0 Å². The number of nitrogens with zero attached hydrogens (tertiary/aromatic N) is 2. The minimum atomic E-state index is -1.24. The highest BCUT2D eigenvalue weighted by Gasteiger charge is 2.42. The van der Waals surface area contributed by atoms with E-state index in [1.54, 1.807) is 25.4 Å². The third kappa shape index (κ3) is 4.62. The van der Waals surface area contributed by atoms with Gasteiger partial charge in [0.25, 0.3) is 0 Å². The van der Waals surface area contributed by atoms with E-state index in [1.165, 1.54) is 12.1 Å². The van der Waals surface area contributed by atoms with Gasteiger partial charge in [0.05, 0.1) is 30.0 Å². The highest BCUT2D eigenvalue weighted by Crippen LogP contribution is 2.43. The second-order valence-corrected chi connectivity index (χ2v) is 8.70. The molecule has 0 amide bonds. The van der Waals surface area contributed by atoms with Crippen LogP contribution in [-0.4, -0.2) is 39.4 Å². The van der Waals surface area contributed by atoms with Crippen LogP contribution in [0.3, 0.4) is 0 Å². The van der Waals surface area contributed by atoms with Crippen molar-refractivity contribution >= 4 is 35.0 Å². The van der Waals surface area contributed by atoms with Crippen LogP contribution in [0.5, 0.6) is 5.75 Å². The molecular weight excluding hydrogens is 494 g/mol. The molecule has 2 aromatic carbocycles. The summed E-state index contributed by atoms with van der Waals surface area (Å²) in [6.45, 7) is 0. The zero-order valence-corrected chi connectivity index (χ0v) is 20.3. The predicted octanol–water partition coefficient (Wildman–Crippen LogP) is 4.92. The Morgan fingerprint density at radius 2 is 1.76 bits per heavy atom. The molecule has 37 heavy (non-hydrogen) atoms. The van der Waals surface area contributed by atoms with Crippen LogP contribution in [0.25, 0.3) is 11.3 Å². The van der Waals surface area contributed by atoms with Crippen LogP contribution in [-0.2, 0) is 0 Å². The van der Waals surface area contributed by atoms with Crippen LogP contribution < -0.4 is 15.0 Å². The maximum absolute atomic E-state index is 11.6. The minimum Gasteiger partial charge on any atom is -0.497 e. The van der Waals surface area contributed by atoms with E-state index in [9.17, 15) is 19.8 Å². The molecule has 3 heterocycles. The molecule has 0 spiro atoms. The molecule has 1 fully saturated rings. The Morgan fingerprint density at radius 1 is 1.00 bits per heavy atom. The molecule has 0 radical (unpaired) electrons. The molecule has 4 aromatic rings. The molecule has 1 aliphatic rings. The van der Waals surface area contributed by atoms with E-state index in [-0.39, 0.29) is 17.2 Å². The number of aromatic nitrogens is 1. The van der Waals surface area contributed by atoms with Crippen LogP contribution in [0.2, 0.25) is 0 Å². The van der Waals surface area contributed by atoms with Gasteiger partial charge in [0.15, 0.2) is 5.11 Å². The summed E-state index contributed by atoms with van der Waals surface area (Å²) in [5, 5.41) is 22.7. The summed E-state index contributed by atoms with van der Waals surface area (Å²) in [5.41, 5.74) is 1.56. The number of nitrogens with one attached hydrogen (secondary N) is 1. The number of anilines is 1. The number of hydrogen-bond donors (Lipinski definition) is 3. The molecular formula is C27H21N3O6S. The normalized spacial score (nSPS) is 16.9. The van der Waals surface area contributed by atoms with Gasteiger partial charge in [-0.1, -0.05) is 12.1 Å². The molecule has 2 atom stereocenters. The fraction of sp³-hybridized carbons (Fsp3) is 0.111. The summed E-state index contributed by atoms with van der Waals surface area (Å²) in [4.78, 5) is 29.6. The molecule has 0 aliphatic carbocycles. The summed E-state index contributed by atoms with van der Waals surface area (Å²) in [7, 11) is 1.59. The average molecular weight is 516 g/mol. The number of ether oxygens (including phenoxy) is 1. The van der Waals surface area contributed by atoms with Crippen molar-refractivity contribution in [3.63, 3.8) is 0 Å². The van der Waals surface area contributed by atoms with Crippen LogP contribution in [0, 0.1) is 0 Å². The molecule has 2 aromatic heterocycles. The lowest BCUT2D eigenvalue weighted by Crippen LogP contribution is -2.29. The van der Waals surface area contributed by atoms with E-state index in [0.29, 0.717) is 27.9 Å². The maximum Gasteiger partial charge on any atom is 0.335 e. The van der Waals surface area contributed by atoms with Gasteiger partial charge in [-0.2, -0.15) is 0 Å². The predicted molar refractivity (Wildman–Crippen MR) is 139 cm³/mol. The summed E-state index contributed by atoms with van der Waals surface area (Å²) >= 11 is 5.72. The fourth-order valence-corrected chi connectivity index (χ4v) is 4.71. The van der Waals surface area contributed by atoms with Gasteiger partial charge in [0, 0.05) is 23.5 Å². The van der Waals surface area contributed by atoms with Crippen LogP contribution in [0.4, 0.5) is 5.69 Å². The highest BCUT2D eigenvalue weighted by atomic mass is 32.1. The second-order valence-electron chi connectivity index (χ2n) is 8.31. The smallest absolute Gasteiger partial charge is 0.335 e. The number of thiocarbonyl (C=S) groups is 1. The van der Waals surface area contributed by atoms with Crippen molar-refractivity contribution in [2.24, 2.45) is 0 Å². The van der Waals surface area contributed by atoms with Crippen LogP contribution in [0.15, 0.2) is 83.4 Å². The molecule has 3 N–H and O–H groups in total. The molecule has 0 bridgehead atoms. The van der Waals surface area contributed by atoms with Crippen molar-refractivity contribution in [3.8, 4) is 17.1 Å². The summed E-state index contributed by atoms with van der Waals surface area (Å²) < 4.78 is 11.6. The molecule has 0 saturated carbocycles. The van der Waals surface area contributed by atoms with Gasteiger partial charge < -0.3 is 29.6 Å². The standard InChI is InChI=1S/C27H21N3O6S/c1-35-19-6-4-5-18(14-19)30-24(23(29-27(30)37)20-7-2-3-10-28-20)22-9-8-21(36-22)15-11-16(25(31)32)13-17(12-15)26(33)34/h2-14,23-24H,1H3,(H,29,37)(H,31,32)(H,33,34)/t23-,24-/m1/s1. The monoisotopic (exact) mass is 515 g/mol. The zero-order valence-electron chi connectivity index (χ0n) is 19.5. The highest BCUT2D eigenvalue weighted by molar-refractivity contribution is 7.80. The first-order valence-corrected chi connectivity index (χ1v) is 11.6. The molecule has 10 heteroatoms. The summed E-state index contributed by atoms with van der Waals surface area (Å²) in [5.74, 6) is -0.962.